The van der Waals surface area contributed by atoms with Gasteiger partial charge in [-0.3, -0.25) is 0 Å². The Morgan fingerprint density at radius 2 is 1.87 bits per heavy atom. The van der Waals surface area contributed by atoms with Crippen LogP contribution in [0.2, 0.25) is 5.02 Å². The number of piperidine rings is 1. The molecule has 1 heterocycles. The molecule has 1 aromatic carbocycles. The number of anilines is 2. The Bertz CT molecular complexity index is 362. The van der Waals surface area contributed by atoms with E-state index in [1.165, 1.54) is 12.5 Å². The van der Waals surface area contributed by atoms with E-state index in [-0.39, 0.29) is 5.82 Å². The fourth-order valence-corrected chi connectivity index (χ4v) is 2.09. The minimum absolute atomic E-state index is 0.279. The molecule has 2 N–H and O–H groups in total. The van der Waals surface area contributed by atoms with Crippen molar-refractivity contribution in [3.63, 3.8) is 0 Å². The molecule has 82 valence electrons. The summed E-state index contributed by atoms with van der Waals surface area (Å²) < 4.78 is 13.6. The molecule has 0 spiro atoms. The second-order valence-electron chi connectivity index (χ2n) is 3.87. The molecule has 4 heteroatoms. The number of rotatable bonds is 1. The summed E-state index contributed by atoms with van der Waals surface area (Å²) >= 11 is 5.89. The quantitative estimate of drug-likeness (QED) is 0.749. The maximum absolute atomic E-state index is 13.6. The Morgan fingerprint density at radius 3 is 2.53 bits per heavy atom. The minimum atomic E-state index is -0.279. The van der Waals surface area contributed by atoms with Crippen LogP contribution < -0.4 is 10.6 Å². The lowest BCUT2D eigenvalue weighted by Gasteiger charge is -2.29. The van der Waals surface area contributed by atoms with Crippen molar-refractivity contribution in [1.82, 2.24) is 0 Å². The van der Waals surface area contributed by atoms with Crippen LogP contribution in [0.15, 0.2) is 12.1 Å². The van der Waals surface area contributed by atoms with Gasteiger partial charge in [-0.25, -0.2) is 4.39 Å². The fraction of sp³-hybridized carbons (Fsp3) is 0.455. The standard InChI is InChI=1S/C11H14ClFN2/c12-8-6-11(9(13)7-10(8)14)15-4-2-1-3-5-15/h6-7H,1-5,14H2. The molecular weight excluding hydrogens is 215 g/mol. The molecule has 2 nitrogen and oxygen atoms in total. The third-order valence-corrected chi connectivity index (χ3v) is 3.09. The molecule has 0 atom stereocenters. The van der Waals surface area contributed by atoms with E-state index in [4.69, 9.17) is 17.3 Å². The van der Waals surface area contributed by atoms with Gasteiger partial charge >= 0.3 is 0 Å². The van der Waals surface area contributed by atoms with Crippen molar-refractivity contribution in [2.75, 3.05) is 23.7 Å². The van der Waals surface area contributed by atoms with E-state index < -0.39 is 0 Å². The molecule has 0 saturated carbocycles. The van der Waals surface area contributed by atoms with Gasteiger partial charge in [0.1, 0.15) is 5.82 Å². The van der Waals surface area contributed by atoms with E-state index in [9.17, 15) is 4.39 Å². The molecule has 1 saturated heterocycles. The van der Waals surface area contributed by atoms with Crippen molar-refractivity contribution in [3.05, 3.63) is 23.0 Å². The van der Waals surface area contributed by atoms with Gasteiger partial charge in [0, 0.05) is 19.2 Å². The van der Waals surface area contributed by atoms with Crippen molar-refractivity contribution < 1.29 is 4.39 Å². The molecule has 0 amide bonds. The van der Waals surface area contributed by atoms with Crippen LogP contribution >= 0.6 is 11.6 Å². The highest BCUT2D eigenvalue weighted by Gasteiger charge is 2.16. The molecule has 0 aliphatic carbocycles. The smallest absolute Gasteiger partial charge is 0.148 e. The van der Waals surface area contributed by atoms with Gasteiger partial charge in [-0.15, -0.1) is 0 Å². The first-order valence-corrected chi connectivity index (χ1v) is 5.56. The third kappa shape index (κ3) is 2.17. The Hall–Kier alpha value is -0.960. The minimum Gasteiger partial charge on any atom is -0.397 e. The summed E-state index contributed by atoms with van der Waals surface area (Å²) in [4.78, 5) is 2.03. The fourth-order valence-electron chi connectivity index (χ4n) is 1.93. The van der Waals surface area contributed by atoms with E-state index in [0.29, 0.717) is 16.4 Å². The van der Waals surface area contributed by atoms with Gasteiger partial charge in [0.15, 0.2) is 0 Å². The zero-order valence-electron chi connectivity index (χ0n) is 8.47. The molecule has 1 aliphatic heterocycles. The van der Waals surface area contributed by atoms with Gasteiger partial charge in [0.05, 0.1) is 16.4 Å². The number of hydrogen-bond donors (Lipinski definition) is 1. The molecule has 0 radical (unpaired) electrons. The summed E-state index contributed by atoms with van der Waals surface area (Å²) in [5.74, 6) is -0.279. The largest absolute Gasteiger partial charge is 0.397 e. The first kappa shape index (κ1) is 10.6. The lowest BCUT2D eigenvalue weighted by molar-refractivity contribution is 0.557. The number of hydrogen-bond acceptors (Lipinski definition) is 2. The summed E-state index contributed by atoms with van der Waals surface area (Å²) in [7, 11) is 0. The maximum Gasteiger partial charge on any atom is 0.148 e. The van der Waals surface area contributed by atoms with Crippen molar-refractivity contribution in [2.24, 2.45) is 0 Å². The van der Waals surface area contributed by atoms with E-state index in [1.807, 2.05) is 4.90 Å². The van der Waals surface area contributed by atoms with Gasteiger partial charge in [0.2, 0.25) is 0 Å². The van der Waals surface area contributed by atoms with Crippen LogP contribution in [-0.4, -0.2) is 13.1 Å². The summed E-state index contributed by atoms with van der Waals surface area (Å²) in [6, 6.07) is 2.92. The van der Waals surface area contributed by atoms with Gasteiger partial charge < -0.3 is 10.6 Å². The van der Waals surface area contributed by atoms with Gasteiger partial charge in [-0.05, 0) is 25.3 Å². The van der Waals surface area contributed by atoms with Gasteiger partial charge in [0.25, 0.3) is 0 Å². The van der Waals surface area contributed by atoms with Crippen LogP contribution in [0.3, 0.4) is 0 Å². The van der Waals surface area contributed by atoms with E-state index in [2.05, 4.69) is 0 Å². The summed E-state index contributed by atoms with van der Waals surface area (Å²) in [6.07, 6.45) is 3.45. The van der Waals surface area contributed by atoms with Crippen molar-refractivity contribution in [1.29, 1.82) is 0 Å². The number of nitrogen functional groups attached to an aromatic ring is 1. The lowest BCUT2D eigenvalue weighted by Crippen LogP contribution is -2.30. The third-order valence-electron chi connectivity index (χ3n) is 2.76. The summed E-state index contributed by atoms with van der Waals surface area (Å²) in [5, 5.41) is 0.428. The van der Waals surface area contributed by atoms with Crippen LogP contribution in [0.1, 0.15) is 19.3 Å². The van der Waals surface area contributed by atoms with Crippen LogP contribution in [0.4, 0.5) is 15.8 Å². The molecule has 1 aliphatic rings. The normalized spacial score (nSPS) is 16.8. The lowest BCUT2D eigenvalue weighted by atomic mass is 10.1. The molecule has 1 fully saturated rings. The highest BCUT2D eigenvalue weighted by atomic mass is 35.5. The second-order valence-corrected chi connectivity index (χ2v) is 4.28. The molecular formula is C11H14ClFN2. The SMILES string of the molecule is Nc1cc(F)c(N2CCCCC2)cc1Cl. The zero-order valence-corrected chi connectivity index (χ0v) is 9.23. The molecule has 2 rings (SSSR count). The van der Waals surface area contributed by atoms with E-state index >= 15 is 0 Å². The Balaban J connectivity index is 2.30. The Morgan fingerprint density at radius 1 is 1.20 bits per heavy atom. The van der Waals surface area contributed by atoms with Crippen LogP contribution in [0, 0.1) is 5.82 Å². The van der Waals surface area contributed by atoms with Crippen LogP contribution in [0.25, 0.3) is 0 Å². The highest BCUT2D eigenvalue weighted by Crippen LogP contribution is 2.30. The van der Waals surface area contributed by atoms with Crippen molar-refractivity contribution >= 4 is 23.0 Å². The second kappa shape index (κ2) is 4.27. The topological polar surface area (TPSA) is 29.3 Å². The van der Waals surface area contributed by atoms with Crippen LogP contribution in [-0.2, 0) is 0 Å². The molecule has 1 aromatic rings. The van der Waals surface area contributed by atoms with E-state index in [0.717, 1.165) is 25.9 Å². The molecule has 0 bridgehead atoms. The number of halogens is 2. The highest BCUT2D eigenvalue weighted by molar-refractivity contribution is 6.33. The van der Waals surface area contributed by atoms with Crippen LogP contribution in [0.5, 0.6) is 0 Å². The predicted octanol–water partition coefficient (Wildman–Crippen LogP) is 3.05. The zero-order chi connectivity index (χ0) is 10.8. The Labute approximate surface area is 93.8 Å². The average Bonchev–Trinajstić information content (AvgIpc) is 2.25. The molecule has 0 aromatic heterocycles. The number of nitrogens with zero attached hydrogens (tertiary/aromatic N) is 1. The maximum atomic E-state index is 13.6. The van der Waals surface area contributed by atoms with Crippen molar-refractivity contribution in [3.8, 4) is 0 Å². The first-order chi connectivity index (χ1) is 7.18. The van der Waals surface area contributed by atoms with E-state index in [1.54, 1.807) is 6.07 Å². The average molecular weight is 229 g/mol. The molecule has 0 unspecified atom stereocenters. The predicted molar refractivity (Wildman–Crippen MR) is 61.9 cm³/mol. The van der Waals surface area contributed by atoms with Gasteiger partial charge in [-0.2, -0.15) is 0 Å². The van der Waals surface area contributed by atoms with Crippen molar-refractivity contribution in [2.45, 2.75) is 19.3 Å². The first-order valence-electron chi connectivity index (χ1n) is 5.18. The Kier molecular flexibility index (Phi) is 3.00. The molecule has 15 heavy (non-hydrogen) atoms. The monoisotopic (exact) mass is 228 g/mol. The van der Waals surface area contributed by atoms with Gasteiger partial charge in [-0.1, -0.05) is 11.6 Å². The summed E-state index contributed by atoms with van der Waals surface area (Å²) in [5.41, 5.74) is 6.41. The number of benzene rings is 1. The summed E-state index contributed by atoms with van der Waals surface area (Å²) in [6.45, 7) is 1.80. The number of nitrogens with two attached hydrogens (primary N) is 1.